The Morgan fingerprint density at radius 2 is 1.91 bits per heavy atom. The van der Waals surface area contributed by atoms with Crippen LogP contribution in [-0.4, -0.2) is 13.1 Å². The molecule has 0 spiro atoms. The van der Waals surface area contributed by atoms with Crippen molar-refractivity contribution >= 4 is 0 Å². The topological polar surface area (TPSA) is 45.0 Å². The molecule has 0 saturated carbocycles. The molecule has 0 fully saturated rings. The molecular weight excluding hydrogens is 272 g/mol. The van der Waals surface area contributed by atoms with Crippen molar-refractivity contribution in [1.29, 1.82) is 5.26 Å². The first-order valence-corrected chi connectivity index (χ1v) is 7.59. The fourth-order valence-corrected chi connectivity index (χ4v) is 2.18. The summed E-state index contributed by atoms with van der Waals surface area (Å²) >= 11 is 0. The van der Waals surface area contributed by atoms with Crippen LogP contribution in [0.5, 0.6) is 5.75 Å². The van der Waals surface area contributed by atoms with Crippen molar-refractivity contribution in [2.45, 2.75) is 32.4 Å². The van der Waals surface area contributed by atoms with Gasteiger partial charge in [-0.1, -0.05) is 24.3 Å². The Kier molecular flexibility index (Phi) is 6.00. The van der Waals surface area contributed by atoms with Crippen molar-refractivity contribution in [2.75, 3.05) is 7.05 Å². The molecule has 1 unspecified atom stereocenters. The van der Waals surface area contributed by atoms with E-state index in [1.165, 1.54) is 5.56 Å². The van der Waals surface area contributed by atoms with Crippen LogP contribution in [0.1, 0.15) is 30.0 Å². The number of nitriles is 1. The summed E-state index contributed by atoms with van der Waals surface area (Å²) in [5.74, 6) is 0.854. The largest absolute Gasteiger partial charge is 0.489 e. The summed E-state index contributed by atoms with van der Waals surface area (Å²) < 4.78 is 5.77. The first-order chi connectivity index (χ1) is 10.7. The van der Waals surface area contributed by atoms with E-state index in [-0.39, 0.29) is 0 Å². The van der Waals surface area contributed by atoms with Crippen molar-refractivity contribution in [3.63, 3.8) is 0 Å². The molecule has 2 rings (SSSR count). The van der Waals surface area contributed by atoms with E-state index in [0.29, 0.717) is 18.2 Å². The number of rotatable bonds is 7. The lowest BCUT2D eigenvalue weighted by Crippen LogP contribution is -2.21. The van der Waals surface area contributed by atoms with Crippen molar-refractivity contribution in [1.82, 2.24) is 5.32 Å². The summed E-state index contributed by atoms with van der Waals surface area (Å²) in [5.41, 5.74) is 2.99. The molecule has 0 aliphatic heterocycles. The minimum atomic E-state index is 0.478. The Morgan fingerprint density at radius 3 is 2.59 bits per heavy atom. The Hall–Kier alpha value is -2.31. The maximum Gasteiger partial charge on any atom is 0.119 e. The zero-order valence-electron chi connectivity index (χ0n) is 13.2. The predicted octanol–water partition coefficient (Wildman–Crippen LogP) is 3.68. The monoisotopic (exact) mass is 294 g/mol. The second-order valence-corrected chi connectivity index (χ2v) is 5.47. The van der Waals surface area contributed by atoms with Crippen LogP contribution < -0.4 is 10.1 Å². The van der Waals surface area contributed by atoms with Gasteiger partial charge in [0.15, 0.2) is 0 Å². The fourth-order valence-electron chi connectivity index (χ4n) is 2.18. The van der Waals surface area contributed by atoms with Crippen LogP contribution in [0, 0.1) is 11.3 Å². The summed E-state index contributed by atoms with van der Waals surface area (Å²) in [6.45, 7) is 2.67. The van der Waals surface area contributed by atoms with Gasteiger partial charge in [0.1, 0.15) is 12.4 Å². The molecule has 0 aliphatic rings. The van der Waals surface area contributed by atoms with E-state index >= 15 is 0 Å². The summed E-state index contributed by atoms with van der Waals surface area (Å²) in [4.78, 5) is 0. The van der Waals surface area contributed by atoms with Gasteiger partial charge in [-0.2, -0.15) is 5.26 Å². The average molecular weight is 294 g/mol. The average Bonchev–Trinajstić information content (AvgIpc) is 2.58. The number of hydrogen-bond acceptors (Lipinski definition) is 3. The van der Waals surface area contributed by atoms with E-state index in [9.17, 15) is 0 Å². The van der Waals surface area contributed by atoms with Crippen LogP contribution in [0.15, 0.2) is 48.5 Å². The standard InChI is InChI=1S/C19H22N2O/c1-15(21-2)6-7-16-8-10-19(11-9-16)22-14-18-5-3-4-17(12-18)13-20/h3-5,8-12,15,21H,6-7,14H2,1-2H3. The molecule has 2 aromatic carbocycles. The van der Waals surface area contributed by atoms with Gasteiger partial charge in [-0.25, -0.2) is 0 Å². The Bertz CT molecular complexity index is 629. The normalized spacial score (nSPS) is 11.7. The maximum atomic E-state index is 8.89. The van der Waals surface area contributed by atoms with E-state index in [0.717, 1.165) is 24.2 Å². The number of aryl methyl sites for hydroxylation is 1. The van der Waals surface area contributed by atoms with Gasteiger partial charge >= 0.3 is 0 Å². The van der Waals surface area contributed by atoms with Crippen LogP contribution in [0.4, 0.5) is 0 Å². The number of nitrogens with one attached hydrogen (secondary N) is 1. The molecule has 2 aromatic rings. The lowest BCUT2D eigenvalue weighted by atomic mass is 10.1. The van der Waals surface area contributed by atoms with Crippen LogP contribution in [0.2, 0.25) is 0 Å². The van der Waals surface area contributed by atoms with Crippen molar-refractivity contribution in [3.05, 3.63) is 65.2 Å². The molecule has 3 nitrogen and oxygen atoms in total. The van der Waals surface area contributed by atoms with Gasteiger partial charge in [-0.3, -0.25) is 0 Å². The van der Waals surface area contributed by atoms with Gasteiger partial charge in [0, 0.05) is 6.04 Å². The molecule has 0 aliphatic carbocycles. The van der Waals surface area contributed by atoms with E-state index in [2.05, 4.69) is 30.4 Å². The predicted molar refractivity (Wildman–Crippen MR) is 88.8 cm³/mol. The van der Waals surface area contributed by atoms with E-state index in [1.807, 2.05) is 37.4 Å². The molecule has 0 saturated heterocycles. The molecule has 1 N–H and O–H groups in total. The highest BCUT2D eigenvalue weighted by Crippen LogP contribution is 2.16. The summed E-state index contributed by atoms with van der Waals surface area (Å²) in [7, 11) is 1.99. The SMILES string of the molecule is CNC(C)CCc1ccc(OCc2cccc(C#N)c2)cc1. The summed E-state index contributed by atoms with van der Waals surface area (Å²) in [5, 5.41) is 12.1. The lowest BCUT2D eigenvalue weighted by Gasteiger charge is -2.10. The molecule has 0 aromatic heterocycles. The Labute approximate surface area is 132 Å². The van der Waals surface area contributed by atoms with Crippen LogP contribution in [0.3, 0.4) is 0 Å². The quantitative estimate of drug-likeness (QED) is 0.847. The highest BCUT2D eigenvalue weighted by molar-refractivity contribution is 5.33. The minimum Gasteiger partial charge on any atom is -0.489 e. The van der Waals surface area contributed by atoms with E-state index in [4.69, 9.17) is 10.00 Å². The minimum absolute atomic E-state index is 0.478. The molecule has 0 radical (unpaired) electrons. The van der Waals surface area contributed by atoms with Gasteiger partial charge in [0.05, 0.1) is 11.6 Å². The molecule has 0 heterocycles. The van der Waals surface area contributed by atoms with Crippen LogP contribution in [-0.2, 0) is 13.0 Å². The highest BCUT2D eigenvalue weighted by atomic mass is 16.5. The van der Waals surface area contributed by atoms with Crippen LogP contribution in [0.25, 0.3) is 0 Å². The number of benzene rings is 2. The van der Waals surface area contributed by atoms with Gasteiger partial charge in [-0.15, -0.1) is 0 Å². The Balaban J connectivity index is 1.87. The molecule has 3 heteroatoms. The third-order valence-corrected chi connectivity index (χ3v) is 3.74. The lowest BCUT2D eigenvalue weighted by molar-refractivity contribution is 0.306. The third-order valence-electron chi connectivity index (χ3n) is 3.74. The molecule has 0 amide bonds. The van der Waals surface area contributed by atoms with E-state index < -0.39 is 0 Å². The zero-order chi connectivity index (χ0) is 15.8. The Morgan fingerprint density at radius 1 is 1.14 bits per heavy atom. The molecule has 0 bridgehead atoms. The second kappa shape index (κ2) is 8.21. The van der Waals surface area contributed by atoms with Gasteiger partial charge in [-0.05, 0) is 62.2 Å². The molecule has 114 valence electrons. The van der Waals surface area contributed by atoms with Crippen LogP contribution >= 0.6 is 0 Å². The second-order valence-electron chi connectivity index (χ2n) is 5.47. The first kappa shape index (κ1) is 16.1. The van der Waals surface area contributed by atoms with Crippen molar-refractivity contribution in [2.24, 2.45) is 0 Å². The highest BCUT2D eigenvalue weighted by Gasteiger charge is 2.01. The van der Waals surface area contributed by atoms with Gasteiger partial charge in [0.2, 0.25) is 0 Å². The summed E-state index contributed by atoms with van der Waals surface area (Å²) in [6, 6.07) is 18.4. The number of ether oxygens (including phenoxy) is 1. The molecule has 22 heavy (non-hydrogen) atoms. The van der Waals surface area contributed by atoms with Crippen molar-refractivity contribution in [3.8, 4) is 11.8 Å². The maximum absolute atomic E-state index is 8.89. The smallest absolute Gasteiger partial charge is 0.119 e. The summed E-state index contributed by atoms with van der Waals surface area (Å²) in [6.07, 6.45) is 2.18. The number of nitrogens with zero attached hydrogens (tertiary/aromatic N) is 1. The molecular formula is C19H22N2O. The molecule has 1 atom stereocenters. The zero-order valence-corrected chi connectivity index (χ0v) is 13.2. The van der Waals surface area contributed by atoms with Crippen molar-refractivity contribution < 1.29 is 4.74 Å². The fraction of sp³-hybridized carbons (Fsp3) is 0.316. The van der Waals surface area contributed by atoms with E-state index in [1.54, 1.807) is 6.07 Å². The number of hydrogen-bond donors (Lipinski definition) is 1. The third kappa shape index (κ3) is 4.91. The van der Waals surface area contributed by atoms with Gasteiger partial charge < -0.3 is 10.1 Å². The first-order valence-electron chi connectivity index (χ1n) is 7.59. The van der Waals surface area contributed by atoms with Gasteiger partial charge in [0.25, 0.3) is 0 Å².